The number of aromatic nitrogens is 2. The van der Waals surface area contributed by atoms with Crippen LogP contribution in [0.4, 0.5) is 5.82 Å². The van der Waals surface area contributed by atoms with Gasteiger partial charge in [0.2, 0.25) is 0 Å². The van der Waals surface area contributed by atoms with E-state index in [2.05, 4.69) is 20.9 Å². The smallest absolute Gasteiger partial charge is 0.351 e. The Balaban J connectivity index is 2.05. The van der Waals surface area contributed by atoms with Gasteiger partial charge >= 0.3 is 5.69 Å². The molecule has 0 aliphatic carbocycles. The summed E-state index contributed by atoms with van der Waals surface area (Å²) in [7, 11) is 0. The molecule has 2 heterocycles. The molecule has 0 amide bonds. The fourth-order valence-corrected chi connectivity index (χ4v) is 3.48. The molecule has 7 heteroatoms. The number of carbonyl (C=O) groups excluding carboxylic acids is 1. The third-order valence-electron chi connectivity index (χ3n) is 3.27. The van der Waals surface area contributed by atoms with Crippen molar-refractivity contribution in [3.05, 3.63) is 55.7 Å². The van der Waals surface area contributed by atoms with Gasteiger partial charge < -0.3 is 5.73 Å². The van der Waals surface area contributed by atoms with E-state index in [-0.39, 0.29) is 18.1 Å². The summed E-state index contributed by atoms with van der Waals surface area (Å²) in [5, 5.41) is 0.714. The van der Waals surface area contributed by atoms with Crippen LogP contribution in [0.25, 0.3) is 10.2 Å². The molecule has 0 aliphatic heterocycles. The van der Waals surface area contributed by atoms with E-state index in [9.17, 15) is 9.59 Å². The fraction of sp³-hybridized carbons (Fsp3) is 0.133. The minimum atomic E-state index is -0.502. The van der Waals surface area contributed by atoms with Crippen LogP contribution in [0, 0.1) is 6.92 Å². The molecule has 0 saturated heterocycles. The SMILES string of the molecule is Cc1cc2c(N)nc(=O)n(CC(=O)c3ccc(Br)cc3)c2s1. The molecule has 0 unspecified atom stereocenters. The molecule has 0 spiro atoms. The summed E-state index contributed by atoms with van der Waals surface area (Å²) >= 11 is 4.76. The van der Waals surface area contributed by atoms with Crippen LogP contribution in [0.3, 0.4) is 0 Å². The summed E-state index contributed by atoms with van der Waals surface area (Å²) in [6.07, 6.45) is 0. The maximum atomic E-state index is 12.4. The number of nitrogen functional groups attached to an aromatic ring is 1. The van der Waals surface area contributed by atoms with E-state index in [1.807, 2.05) is 13.0 Å². The number of ketones is 1. The molecule has 0 atom stereocenters. The van der Waals surface area contributed by atoms with Gasteiger partial charge in [0.1, 0.15) is 10.6 Å². The van der Waals surface area contributed by atoms with Gasteiger partial charge in [-0.05, 0) is 25.1 Å². The largest absolute Gasteiger partial charge is 0.383 e. The zero-order valence-corrected chi connectivity index (χ0v) is 14.1. The van der Waals surface area contributed by atoms with Gasteiger partial charge in [-0.15, -0.1) is 11.3 Å². The van der Waals surface area contributed by atoms with Crippen molar-refractivity contribution in [3.63, 3.8) is 0 Å². The number of anilines is 1. The molecule has 2 N–H and O–H groups in total. The first-order valence-electron chi connectivity index (χ1n) is 6.51. The Morgan fingerprint density at radius 3 is 2.73 bits per heavy atom. The summed E-state index contributed by atoms with van der Waals surface area (Å²) in [5.74, 6) is 0.0604. The van der Waals surface area contributed by atoms with Crippen molar-refractivity contribution in [2.45, 2.75) is 13.5 Å². The van der Waals surface area contributed by atoms with E-state index < -0.39 is 5.69 Å². The average Bonchev–Trinajstić information content (AvgIpc) is 2.86. The van der Waals surface area contributed by atoms with Gasteiger partial charge in [0.25, 0.3) is 0 Å². The van der Waals surface area contributed by atoms with Crippen molar-refractivity contribution in [1.29, 1.82) is 0 Å². The molecule has 1 aromatic carbocycles. The number of Topliss-reactive ketones (excluding diaryl/α,β-unsaturated/α-hetero) is 1. The molecule has 0 bridgehead atoms. The Labute approximate surface area is 138 Å². The van der Waals surface area contributed by atoms with Crippen molar-refractivity contribution < 1.29 is 4.79 Å². The van der Waals surface area contributed by atoms with Crippen LogP contribution >= 0.6 is 27.3 Å². The molecule has 22 heavy (non-hydrogen) atoms. The van der Waals surface area contributed by atoms with Crippen LogP contribution < -0.4 is 11.4 Å². The minimum Gasteiger partial charge on any atom is -0.383 e. The number of hydrogen-bond donors (Lipinski definition) is 1. The summed E-state index contributed by atoms with van der Waals surface area (Å²) < 4.78 is 2.28. The lowest BCUT2D eigenvalue weighted by Crippen LogP contribution is -2.27. The topological polar surface area (TPSA) is 78.0 Å². The van der Waals surface area contributed by atoms with Crippen molar-refractivity contribution >= 4 is 49.1 Å². The fourth-order valence-electron chi connectivity index (χ4n) is 2.21. The summed E-state index contributed by atoms with van der Waals surface area (Å²) in [5.41, 5.74) is 5.84. The summed E-state index contributed by atoms with van der Waals surface area (Å²) in [4.78, 5) is 30.0. The number of thiophene rings is 1. The number of halogens is 1. The van der Waals surface area contributed by atoms with E-state index in [1.54, 1.807) is 24.3 Å². The van der Waals surface area contributed by atoms with Crippen LogP contribution in [-0.2, 0) is 6.54 Å². The number of aryl methyl sites for hydroxylation is 1. The highest BCUT2D eigenvalue weighted by Gasteiger charge is 2.15. The number of rotatable bonds is 3. The molecule has 0 radical (unpaired) electrons. The van der Waals surface area contributed by atoms with Crippen molar-refractivity contribution in [1.82, 2.24) is 9.55 Å². The molecule has 5 nitrogen and oxygen atoms in total. The normalized spacial score (nSPS) is 11.0. The molecule has 3 aromatic rings. The van der Waals surface area contributed by atoms with Crippen LogP contribution in [-0.4, -0.2) is 15.3 Å². The number of benzene rings is 1. The molecular formula is C15H12BrN3O2S. The van der Waals surface area contributed by atoms with E-state index >= 15 is 0 Å². The van der Waals surface area contributed by atoms with Gasteiger partial charge in [0.15, 0.2) is 5.78 Å². The highest BCUT2D eigenvalue weighted by molar-refractivity contribution is 9.10. The quantitative estimate of drug-likeness (QED) is 0.711. The molecule has 112 valence electrons. The Bertz CT molecular complexity index is 928. The predicted molar refractivity (Wildman–Crippen MR) is 91.5 cm³/mol. The average molecular weight is 378 g/mol. The molecule has 0 fully saturated rings. The number of fused-ring (bicyclic) bond motifs is 1. The van der Waals surface area contributed by atoms with Gasteiger partial charge in [0, 0.05) is 14.9 Å². The van der Waals surface area contributed by atoms with Gasteiger partial charge in [-0.1, -0.05) is 28.1 Å². The Morgan fingerprint density at radius 1 is 1.36 bits per heavy atom. The Morgan fingerprint density at radius 2 is 2.05 bits per heavy atom. The third-order valence-corrected chi connectivity index (χ3v) is 4.87. The molecule has 2 aromatic heterocycles. The first-order chi connectivity index (χ1) is 10.5. The maximum Gasteiger partial charge on any atom is 0.351 e. The maximum absolute atomic E-state index is 12.4. The second-order valence-electron chi connectivity index (χ2n) is 4.87. The van der Waals surface area contributed by atoms with Crippen molar-refractivity contribution in [2.24, 2.45) is 0 Å². The van der Waals surface area contributed by atoms with Crippen LogP contribution in [0.1, 0.15) is 15.2 Å². The number of carbonyl (C=O) groups is 1. The lowest BCUT2D eigenvalue weighted by molar-refractivity contribution is 0.0972. The monoisotopic (exact) mass is 377 g/mol. The van der Waals surface area contributed by atoms with E-state index in [4.69, 9.17) is 5.73 Å². The third kappa shape index (κ3) is 2.69. The lowest BCUT2D eigenvalue weighted by Gasteiger charge is -2.07. The lowest BCUT2D eigenvalue weighted by atomic mass is 10.1. The van der Waals surface area contributed by atoms with E-state index in [0.717, 1.165) is 9.35 Å². The van der Waals surface area contributed by atoms with Crippen LogP contribution in [0.15, 0.2) is 39.6 Å². The molecule has 0 aliphatic rings. The summed E-state index contributed by atoms with van der Waals surface area (Å²) in [6.45, 7) is 1.87. The Kier molecular flexibility index (Phi) is 3.84. The number of hydrogen-bond acceptors (Lipinski definition) is 5. The first kappa shape index (κ1) is 14.9. The highest BCUT2D eigenvalue weighted by atomic mass is 79.9. The second kappa shape index (κ2) is 5.66. The first-order valence-corrected chi connectivity index (χ1v) is 8.12. The second-order valence-corrected chi connectivity index (χ2v) is 7.02. The van der Waals surface area contributed by atoms with Crippen LogP contribution in [0.5, 0.6) is 0 Å². The molecule has 3 rings (SSSR count). The van der Waals surface area contributed by atoms with Crippen molar-refractivity contribution in [2.75, 3.05) is 5.73 Å². The van der Waals surface area contributed by atoms with Gasteiger partial charge in [-0.25, -0.2) is 4.79 Å². The van der Waals surface area contributed by atoms with Gasteiger partial charge in [0.05, 0.1) is 11.9 Å². The van der Waals surface area contributed by atoms with E-state index in [0.29, 0.717) is 15.8 Å². The van der Waals surface area contributed by atoms with E-state index in [1.165, 1.54) is 15.9 Å². The predicted octanol–water partition coefficient (Wildman–Crippen LogP) is 2.99. The minimum absolute atomic E-state index is 0.0514. The highest BCUT2D eigenvalue weighted by Crippen LogP contribution is 2.27. The summed E-state index contributed by atoms with van der Waals surface area (Å²) in [6, 6.07) is 8.91. The van der Waals surface area contributed by atoms with Crippen molar-refractivity contribution in [3.8, 4) is 0 Å². The zero-order chi connectivity index (χ0) is 15.9. The molecular weight excluding hydrogens is 366 g/mol. The Hall–Kier alpha value is -1.99. The van der Waals surface area contributed by atoms with Gasteiger partial charge in [-0.2, -0.15) is 4.98 Å². The van der Waals surface area contributed by atoms with Crippen LogP contribution in [0.2, 0.25) is 0 Å². The van der Waals surface area contributed by atoms with Gasteiger partial charge in [-0.3, -0.25) is 9.36 Å². The molecule has 0 saturated carbocycles. The standard InChI is InChI=1S/C15H12BrN3O2S/c1-8-6-11-13(17)18-15(21)19(14(11)22-8)7-12(20)9-2-4-10(16)5-3-9/h2-6H,7H2,1H3,(H2,17,18,21). The number of nitrogens with zero attached hydrogens (tertiary/aromatic N) is 2. The zero-order valence-electron chi connectivity index (χ0n) is 11.7. The number of nitrogens with two attached hydrogens (primary N) is 1.